The van der Waals surface area contributed by atoms with Crippen molar-refractivity contribution in [2.24, 2.45) is 0 Å². The van der Waals surface area contributed by atoms with Crippen LogP contribution in [0.5, 0.6) is 0 Å². The van der Waals surface area contributed by atoms with Crippen LogP contribution in [0.1, 0.15) is 12.0 Å². The van der Waals surface area contributed by atoms with Crippen molar-refractivity contribution in [2.45, 2.75) is 18.9 Å². The Morgan fingerprint density at radius 2 is 2.00 bits per heavy atom. The van der Waals surface area contributed by atoms with E-state index in [-0.39, 0.29) is 36.8 Å². The van der Waals surface area contributed by atoms with Crippen LogP contribution in [0.15, 0.2) is 24.3 Å². The van der Waals surface area contributed by atoms with E-state index in [0.717, 1.165) is 50.3 Å². The highest BCUT2D eigenvalue weighted by molar-refractivity contribution is 5.96. The zero-order chi connectivity index (χ0) is 16.2. The molecule has 2 aliphatic rings. The van der Waals surface area contributed by atoms with E-state index in [1.165, 1.54) is 0 Å². The van der Waals surface area contributed by atoms with E-state index in [0.29, 0.717) is 0 Å². The molecule has 7 heteroatoms. The maximum absolute atomic E-state index is 12.5. The van der Waals surface area contributed by atoms with Crippen LogP contribution < -0.4 is 10.6 Å². The normalized spacial score (nSPS) is 20.7. The van der Waals surface area contributed by atoms with Gasteiger partial charge in [-0.2, -0.15) is 0 Å². The summed E-state index contributed by atoms with van der Waals surface area (Å²) in [6.07, 6.45) is 1.57. The van der Waals surface area contributed by atoms with Gasteiger partial charge in [-0.25, -0.2) is 0 Å². The number of rotatable bonds is 3. The lowest BCUT2D eigenvalue weighted by molar-refractivity contribution is -0.134. The Balaban J connectivity index is 0.00000208. The van der Waals surface area contributed by atoms with Gasteiger partial charge in [0.2, 0.25) is 11.8 Å². The molecule has 0 aliphatic carbocycles. The molecule has 2 amide bonds. The number of anilines is 1. The minimum Gasteiger partial charge on any atom is -0.339 e. The minimum atomic E-state index is -0.269. The van der Waals surface area contributed by atoms with Gasteiger partial charge in [0.1, 0.15) is 0 Å². The largest absolute Gasteiger partial charge is 0.339 e. The van der Waals surface area contributed by atoms with Crippen molar-refractivity contribution in [1.29, 1.82) is 0 Å². The van der Waals surface area contributed by atoms with Crippen LogP contribution in [-0.2, 0) is 16.0 Å². The highest BCUT2D eigenvalue weighted by Crippen LogP contribution is 2.23. The zero-order valence-corrected chi connectivity index (χ0v) is 14.8. The van der Waals surface area contributed by atoms with E-state index in [4.69, 9.17) is 0 Å². The number of fused-ring (bicyclic) bond motifs is 1. The molecule has 1 unspecified atom stereocenters. The number of carbonyl (C=O) groups is 2. The summed E-state index contributed by atoms with van der Waals surface area (Å²) >= 11 is 0. The molecule has 0 saturated carbocycles. The molecule has 1 fully saturated rings. The van der Waals surface area contributed by atoms with Crippen molar-refractivity contribution in [3.05, 3.63) is 29.8 Å². The number of likely N-dealkylation sites (N-methyl/N-ethyl adjacent to an activating group) is 1. The monoisotopic (exact) mass is 352 g/mol. The van der Waals surface area contributed by atoms with Crippen LogP contribution in [0, 0.1) is 0 Å². The van der Waals surface area contributed by atoms with Gasteiger partial charge in [0.15, 0.2) is 0 Å². The Bertz CT molecular complexity index is 590. The molecule has 6 nitrogen and oxygen atoms in total. The predicted octanol–water partition coefficient (Wildman–Crippen LogP) is 0.725. The first-order valence-corrected chi connectivity index (χ1v) is 8.22. The van der Waals surface area contributed by atoms with Crippen LogP contribution in [0.25, 0.3) is 0 Å². The fourth-order valence-electron chi connectivity index (χ4n) is 3.26. The van der Waals surface area contributed by atoms with Crippen molar-refractivity contribution >= 4 is 29.9 Å². The number of nitrogens with zero attached hydrogens (tertiary/aromatic N) is 2. The highest BCUT2D eigenvalue weighted by atomic mass is 35.5. The number of nitrogens with one attached hydrogen (secondary N) is 2. The van der Waals surface area contributed by atoms with Gasteiger partial charge in [-0.1, -0.05) is 18.2 Å². The minimum absolute atomic E-state index is 0. The number of amides is 2. The summed E-state index contributed by atoms with van der Waals surface area (Å²) in [6.45, 7) is 3.46. The van der Waals surface area contributed by atoms with E-state index in [2.05, 4.69) is 10.6 Å². The fraction of sp³-hybridized carbons (Fsp3) is 0.529. The van der Waals surface area contributed by atoms with Gasteiger partial charge in [-0.3, -0.25) is 14.5 Å². The summed E-state index contributed by atoms with van der Waals surface area (Å²) in [5.41, 5.74) is 2.05. The number of para-hydroxylation sites is 1. The lowest BCUT2D eigenvalue weighted by Crippen LogP contribution is -2.51. The molecule has 0 bridgehead atoms. The smallest absolute Gasteiger partial charge is 0.241 e. The maximum Gasteiger partial charge on any atom is 0.241 e. The number of hydrogen-bond acceptors (Lipinski definition) is 4. The van der Waals surface area contributed by atoms with E-state index in [1.54, 1.807) is 0 Å². The Kier molecular flexibility index (Phi) is 6.60. The van der Waals surface area contributed by atoms with Crippen LogP contribution in [0.2, 0.25) is 0 Å². The van der Waals surface area contributed by atoms with Gasteiger partial charge in [0.25, 0.3) is 0 Å². The first-order valence-electron chi connectivity index (χ1n) is 8.22. The Morgan fingerprint density at radius 3 is 2.75 bits per heavy atom. The molecular formula is C17H25ClN4O2. The molecule has 24 heavy (non-hydrogen) atoms. The molecule has 1 aromatic carbocycles. The summed E-state index contributed by atoms with van der Waals surface area (Å²) in [6, 6.07) is 7.63. The Hall–Kier alpha value is -1.63. The molecule has 3 rings (SSSR count). The average Bonchev–Trinajstić information content (AvgIpc) is 2.73. The van der Waals surface area contributed by atoms with Gasteiger partial charge in [0.05, 0.1) is 12.6 Å². The van der Waals surface area contributed by atoms with Gasteiger partial charge in [-0.15, -0.1) is 12.4 Å². The number of hydrogen-bond donors (Lipinski definition) is 2. The third kappa shape index (κ3) is 4.26. The summed E-state index contributed by atoms with van der Waals surface area (Å²) in [4.78, 5) is 28.6. The summed E-state index contributed by atoms with van der Waals surface area (Å²) in [5.74, 6) is 0.0779. The van der Waals surface area contributed by atoms with Crippen LogP contribution >= 0.6 is 12.4 Å². The molecule has 0 spiro atoms. The fourth-order valence-corrected chi connectivity index (χ4v) is 3.26. The Labute approximate surface area is 149 Å². The molecule has 2 heterocycles. The number of halogens is 1. The molecule has 0 aromatic heterocycles. The van der Waals surface area contributed by atoms with Crippen molar-refractivity contribution in [1.82, 2.24) is 15.1 Å². The molecule has 132 valence electrons. The SMILES string of the molecule is CN(CC(=O)N1CCNCC1)C1CCc2ccccc2NC1=O.Cl. The number of aryl methyl sites for hydroxylation is 1. The Morgan fingerprint density at radius 1 is 1.29 bits per heavy atom. The molecule has 1 atom stereocenters. The van der Waals surface area contributed by atoms with Crippen LogP contribution in [0.3, 0.4) is 0 Å². The van der Waals surface area contributed by atoms with E-state index >= 15 is 0 Å². The van der Waals surface area contributed by atoms with Crippen molar-refractivity contribution < 1.29 is 9.59 Å². The van der Waals surface area contributed by atoms with E-state index in [1.807, 2.05) is 41.1 Å². The van der Waals surface area contributed by atoms with Crippen LogP contribution in [0.4, 0.5) is 5.69 Å². The lowest BCUT2D eigenvalue weighted by atomic mass is 10.1. The topological polar surface area (TPSA) is 64.7 Å². The molecule has 1 aromatic rings. The second-order valence-corrected chi connectivity index (χ2v) is 6.25. The average molecular weight is 353 g/mol. The number of benzene rings is 1. The van der Waals surface area contributed by atoms with Gasteiger partial charge in [0, 0.05) is 31.9 Å². The summed E-state index contributed by atoms with van der Waals surface area (Å²) < 4.78 is 0. The standard InChI is InChI=1S/C17H24N4O2.ClH/c1-20(12-16(22)21-10-8-18-9-11-21)15-7-6-13-4-2-3-5-14(13)19-17(15)23;/h2-5,15,18H,6-12H2,1H3,(H,19,23);1H. The zero-order valence-electron chi connectivity index (χ0n) is 14.0. The lowest BCUT2D eigenvalue weighted by Gasteiger charge is -2.31. The molecule has 2 N–H and O–H groups in total. The number of piperazine rings is 1. The van der Waals surface area contributed by atoms with E-state index < -0.39 is 0 Å². The third-order valence-corrected chi connectivity index (χ3v) is 4.65. The first kappa shape index (κ1) is 18.7. The third-order valence-electron chi connectivity index (χ3n) is 4.65. The quantitative estimate of drug-likeness (QED) is 0.841. The summed E-state index contributed by atoms with van der Waals surface area (Å²) in [5, 5.41) is 6.23. The maximum atomic E-state index is 12.5. The van der Waals surface area contributed by atoms with Crippen molar-refractivity contribution in [3.8, 4) is 0 Å². The predicted molar refractivity (Wildman–Crippen MR) is 96.5 cm³/mol. The molecule has 2 aliphatic heterocycles. The van der Waals surface area contributed by atoms with Gasteiger partial charge < -0.3 is 15.5 Å². The second-order valence-electron chi connectivity index (χ2n) is 6.25. The summed E-state index contributed by atoms with van der Waals surface area (Å²) in [7, 11) is 1.86. The molecule has 1 saturated heterocycles. The van der Waals surface area contributed by atoms with Crippen molar-refractivity contribution in [2.75, 3.05) is 45.1 Å². The van der Waals surface area contributed by atoms with Gasteiger partial charge in [-0.05, 0) is 31.5 Å². The van der Waals surface area contributed by atoms with Gasteiger partial charge >= 0.3 is 0 Å². The van der Waals surface area contributed by atoms with Crippen LogP contribution in [-0.4, -0.2) is 67.4 Å². The van der Waals surface area contributed by atoms with Crippen molar-refractivity contribution in [3.63, 3.8) is 0 Å². The van der Waals surface area contributed by atoms with E-state index in [9.17, 15) is 9.59 Å². The number of carbonyl (C=O) groups excluding carboxylic acids is 2. The second kappa shape index (κ2) is 8.46. The molecule has 0 radical (unpaired) electrons. The first-order chi connectivity index (χ1) is 11.1. The molecular weight excluding hydrogens is 328 g/mol. The highest BCUT2D eigenvalue weighted by Gasteiger charge is 2.29.